The molecule has 1 aromatic heterocycles. The fourth-order valence-electron chi connectivity index (χ4n) is 2.41. The van der Waals surface area contributed by atoms with E-state index < -0.39 is 35.6 Å². The summed E-state index contributed by atoms with van der Waals surface area (Å²) >= 11 is 0. The molecule has 7 nitrogen and oxygen atoms in total. The zero-order valence-electron chi connectivity index (χ0n) is 13.1. The predicted octanol–water partition coefficient (Wildman–Crippen LogP) is 2.01. The van der Waals surface area contributed by atoms with Crippen molar-refractivity contribution in [1.82, 2.24) is 9.78 Å². The first-order valence-corrected chi connectivity index (χ1v) is 7.35. The number of carbonyl (C=O) groups excluding carboxylic acids is 1. The van der Waals surface area contributed by atoms with Gasteiger partial charge in [-0.1, -0.05) is 18.2 Å². The minimum Gasteiger partial charge on any atom is -0.476 e. The van der Waals surface area contributed by atoms with Crippen LogP contribution in [-0.2, 0) is 11.3 Å². The van der Waals surface area contributed by atoms with Gasteiger partial charge in [-0.25, -0.2) is 18.3 Å². The first-order valence-electron chi connectivity index (χ1n) is 7.35. The highest BCUT2D eigenvalue weighted by molar-refractivity contribution is 6.01. The molecule has 1 amide bonds. The molecule has 0 spiro atoms. The summed E-state index contributed by atoms with van der Waals surface area (Å²) in [6.07, 6.45) is 0. The molecule has 26 heavy (non-hydrogen) atoms. The van der Waals surface area contributed by atoms with Gasteiger partial charge >= 0.3 is 5.97 Å². The largest absolute Gasteiger partial charge is 0.476 e. The molecule has 3 aromatic rings. The Balaban J connectivity index is 1.94. The van der Waals surface area contributed by atoms with E-state index in [4.69, 9.17) is 0 Å². The molecule has 0 aliphatic heterocycles. The lowest BCUT2D eigenvalue weighted by atomic mass is 10.1. The summed E-state index contributed by atoms with van der Waals surface area (Å²) in [4.78, 5) is 35.9. The Morgan fingerprint density at radius 1 is 1.08 bits per heavy atom. The number of aromatic nitrogens is 2. The van der Waals surface area contributed by atoms with Crippen LogP contribution >= 0.6 is 0 Å². The van der Waals surface area contributed by atoms with E-state index in [-0.39, 0.29) is 22.2 Å². The highest BCUT2D eigenvalue weighted by atomic mass is 19.2. The van der Waals surface area contributed by atoms with Crippen molar-refractivity contribution in [3.63, 3.8) is 0 Å². The van der Waals surface area contributed by atoms with Crippen molar-refractivity contribution in [2.24, 2.45) is 0 Å². The van der Waals surface area contributed by atoms with Gasteiger partial charge in [-0.15, -0.1) is 0 Å². The van der Waals surface area contributed by atoms with Crippen LogP contribution in [0.2, 0.25) is 0 Å². The molecule has 0 saturated carbocycles. The van der Waals surface area contributed by atoms with E-state index in [1.807, 2.05) is 0 Å². The number of benzene rings is 2. The van der Waals surface area contributed by atoms with Crippen LogP contribution in [0.1, 0.15) is 10.5 Å². The minimum absolute atomic E-state index is 0.0128. The van der Waals surface area contributed by atoms with Gasteiger partial charge in [0.1, 0.15) is 6.54 Å². The fraction of sp³-hybridized carbons (Fsp3) is 0.0588. The highest BCUT2D eigenvalue weighted by Gasteiger charge is 2.17. The molecular formula is C17H11F2N3O4. The van der Waals surface area contributed by atoms with Gasteiger partial charge in [0.2, 0.25) is 5.91 Å². The Labute approximate surface area is 144 Å². The standard InChI is InChI=1S/C17H11F2N3O4/c18-12-6-5-9(7-13(12)19)20-14(23)8-22-16(24)11-4-2-1-3-10(11)15(21-22)17(25)26/h1-7H,8H2,(H,20,23)(H,25,26). The number of carboxylic acid groups (broad SMARTS) is 1. The van der Waals surface area contributed by atoms with Crippen LogP contribution in [0.15, 0.2) is 47.3 Å². The average molecular weight is 359 g/mol. The second-order valence-corrected chi connectivity index (χ2v) is 5.34. The number of nitrogens with zero attached hydrogens (tertiary/aromatic N) is 2. The van der Waals surface area contributed by atoms with Gasteiger partial charge in [0.25, 0.3) is 5.56 Å². The fourth-order valence-corrected chi connectivity index (χ4v) is 2.41. The quantitative estimate of drug-likeness (QED) is 0.742. The molecule has 0 radical (unpaired) electrons. The van der Waals surface area contributed by atoms with Crippen molar-refractivity contribution in [2.45, 2.75) is 6.54 Å². The Hall–Kier alpha value is -3.62. The van der Waals surface area contributed by atoms with Crippen molar-refractivity contribution in [3.8, 4) is 0 Å². The smallest absolute Gasteiger partial charge is 0.357 e. The summed E-state index contributed by atoms with van der Waals surface area (Å²) in [6, 6.07) is 8.77. The number of nitrogens with one attached hydrogen (secondary N) is 1. The number of fused-ring (bicyclic) bond motifs is 1. The molecule has 0 bridgehead atoms. The number of rotatable bonds is 4. The topological polar surface area (TPSA) is 101 Å². The Morgan fingerprint density at radius 3 is 2.42 bits per heavy atom. The van der Waals surface area contributed by atoms with Gasteiger partial charge in [0, 0.05) is 17.1 Å². The molecular weight excluding hydrogens is 348 g/mol. The number of hydrogen-bond donors (Lipinski definition) is 2. The number of halogens is 2. The van der Waals surface area contributed by atoms with Crippen molar-refractivity contribution < 1.29 is 23.5 Å². The number of carbonyl (C=O) groups is 2. The zero-order chi connectivity index (χ0) is 18.8. The Kier molecular flexibility index (Phi) is 4.44. The second-order valence-electron chi connectivity index (χ2n) is 5.34. The summed E-state index contributed by atoms with van der Waals surface area (Å²) < 4.78 is 26.8. The summed E-state index contributed by atoms with van der Waals surface area (Å²) in [5.74, 6) is -4.31. The maximum absolute atomic E-state index is 13.2. The predicted molar refractivity (Wildman–Crippen MR) is 88.0 cm³/mol. The zero-order valence-corrected chi connectivity index (χ0v) is 13.1. The van der Waals surface area contributed by atoms with Crippen LogP contribution < -0.4 is 10.9 Å². The number of aromatic carboxylic acids is 1. The van der Waals surface area contributed by atoms with E-state index in [1.165, 1.54) is 12.1 Å². The lowest BCUT2D eigenvalue weighted by Crippen LogP contribution is -2.31. The lowest BCUT2D eigenvalue weighted by molar-refractivity contribution is -0.117. The molecule has 2 aromatic carbocycles. The van der Waals surface area contributed by atoms with Crippen molar-refractivity contribution in [2.75, 3.05) is 5.32 Å². The van der Waals surface area contributed by atoms with Crippen molar-refractivity contribution in [3.05, 3.63) is 70.1 Å². The van der Waals surface area contributed by atoms with E-state index in [1.54, 1.807) is 12.1 Å². The van der Waals surface area contributed by atoms with Crippen LogP contribution in [-0.4, -0.2) is 26.8 Å². The molecule has 2 N–H and O–H groups in total. The summed E-state index contributed by atoms with van der Waals surface area (Å²) in [6.45, 7) is -0.594. The monoisotopic (exact) mass is 359 g/mol. The van der Waals surface area contributed by atoms with Crippen molar-refractivity contribution in [1.29, 1.82) is 0 Å². The van der Waals surface area contributed by atoms with E-state index in [9.17, 15) is 28.3 Å². The molecule has 0 aliphatic carbocycles. The number of anilines is 1. The molecule has 9 heteroatoms. The van der Waals surface area contributed by atoms with Gasteiger partial charge in [-0.2, -0.15) is 5.10 Å². The minimum atomic E-state index is -1.35. The maximum atomic E-state index is 13.2. The van der Waals surface area contributed by atoms with Crippen molar-refractivity contribution >= 4 is 28.3 Å². The number of carboxylic acids is 1. The van der Waals surface area contributed by atoms with Crippen LogP contribution in [0.5, 0.6) is 0 Å². The molecule has 0 fully saturated rings. The van der Waals surface area contributed by atoms with Crippen LogP contribution in [0.25, 0.3) is 10.8 Å². The third-order valence-electron chi connectivity index (χ3n) is 3.57. The normalized spacial score (nSPS) is 10.7. The Bertz CT molecular complexity index is 1100. The number of hydrogen-bond acceptors (Lipinski definition) is 4. The molecule has 3 rings (SSSR count). The lowest BCUT2D eigenvalue weighted by Gasteiger charge is -2.09. The van der Waals surface area contributed by atoms with E-state index in [0.29, 0.717) is 4.68 Å². The molecule has 0 saturated heterocycles. The Morgan fingerprint density at radius 2 is 1.77 bits per heavy atom. The number of amides is 1. The van der Waals surface area contributed by atoms with E-state index in [2.05, 4.69) is 10.4 Å². The van der Waals surface area contributed by atoms with Gasteiger partial charge < -0.3 is 10.4 Å². The molecule has 0 atom stereocenters. The summed E-state index contributed by atoms with van der Waals surface area (Å²) in [5.41, 5.74) is -1.03. The summed E-state index contributed by atoms with van der Waals surface area (Å²) in [7, 11) is 0. The second kappa shape index (κ2) is 6.71. The molecule has 1 heterocycles. The van der Waals surface area contributed by atoms with Gasteiger partial charge in [0.15, 0.2) is 17.3 Å². The average Bonchev–Trinajstić information content (AvgIpc) is 2.60. The molecule has 0 unspecified atom stereocenters. The molecule has 0 aliphatic rings. The maximum Gasteiger partial charge on any atom is 0.357 e. The van der Waals surface area contributed by atoms with E-state index >= 15 is 0 Å². The van der Waals surface area contributed by atoms with Gasteiger partial charge in [0.05, 0.1) is 5.39 Å². The van der Waals surface area contributed by atoms with Gasteiger partial charge in [-0.3, -0.25) is 9.59 Å². The van der Waals surface area contributed by atoms with Crippen LogP contribution in [0.3, 0.4) is 0 Å². The van der Waals surface area contributed by atoms with Crippen LogP contribution in [0.4, 0.5) is 14.5 Å². The third-order valence-corrected chi connectivity index (χ3v) is 3.57. The third kappa shape index (κ3) is 3.27. The van der Waals surface area contributed by atoms with Crippen LogP contribution in [0, 0.1) is 11.6 Å². The highest BCUT2D eigenvalue weighted by Crippen LogP contribution is 2.14. The first-order chi connectivity index (χ1) is 12.4. The molecule has 132 valence electrons. The summed E-state index contributed by atoms with van der Waals surface area (Å²) in [5, 5.41) is 15.5. The first kappa shape index (κ1) is 17.2. The van der Waals surface area contributed by atoms with Gasteiger partial charge in [-0.05, 0) is 18.2 Å². The SMILES string of the molecule is O=C(Cn1nc(C(=O)O)c2ccccc2c1=O)Nc1ccc(F)c(F)c1. The van der Waals surface area contributed by atoms with E-state index in [0.717, 1.165) is 18.2 Å².